The lowest BCUT2D eigenvalue weighted by Crippen LogP contribution is -2.49. The molecule has 0 aromatic carbocycles. The Kier molecular flexibility index (Phi) is 4.69. The van der Waals surface area contributed by atoms with Crippen LogP contribution < -0.4 is 5.32 Å². The Morgan fingerprint density at radius 1 is 1.39 bits per heavy atom. The highest BCUT2D eigenvalue weighted by atomic mass is 32.1. The highest BCUT2D eigenvalue weighted by Crippen LogP contribution is 2.38. The number of carbonyl (C=O) groups excluding carboxylic acids is 1. The Labute approximate surface area is 142 Å². The quantitative estimate of drug-likeness (QED) is 0.900. The third-order valence-electron chi connectivity index (χ3n) is 5.84. The Morgan fingerprint density at radius 3 is 3.04 bits per heavy atom. The Hall–Kier alpha value is -0.910. The lowest BCUT2D eigenvalue weighted by molar-refractivity contribution is -0.124. The van der Waals surface area contributed by atoms with Gasteiger partial charge in [-0.2, -0.15) is 0 Å². The normalized spacial score (nSPS) is 31.6. The van der Waals surface area contributed by atoms with Crippen molar-refractivity contribution in [1.29, 1.82) is 0 Å². The number of hydrogen-bond donors (Lipinski definition) is 1. The maximum absolute atomic E-state index is 12.2. The van der Waals surface area contributed by atoms with Gasteiger partial charge in [0.2, 0.25) is 5.91 Å². The average Bonchev–Trinajstić information content (AvgIpc) is 3.13. The van der Waals surface area contributed by atoms with Crippen LogP contribution in [0.25, 0.3) is 0 Å². The van der Waals surface area contributed by atoms with Crippen molar-refractivity contribution < 1.29 is 9.53 Å². The predicted octanol–water partition coefficient (Wildman–Crippen LogP) is 2.64. The first-order valence-electron chi connectivity index (χ1n) is 8.94. The molecule has 2 aliphatic heterocycles. The number of thiophene rings is 1. The summed E-state index contributed by atoms with van der Waals surface area (Å²) in [7, 11) is 0. The van der Waals surface area contributed by atoms with E-state index in [1.165, 1.54) is 43.6 Å². The molecule has 1 saturated carbocycles. The summed E-state index contributed by atoms with van der Waals surface area (Å²) in [5.41, 5.74) is 0. The molecule has 1 aromatic heterocycles. The Balaban J connectivity index is 1.25. The molecule has 3 atom stereocenters. The van der Waals surface area contributed by atoms with E-state index in [1.807, 2.05) is 11.4 Å². The van der Waals surface area contributed by atoms with E-state index in [0.717, 1.165) is 12.6 Å². The second-order valence-electron chi connectivity index (χ2n) is 7.22. The lowest BCUT2D eigenvalue weighted by Gasteiger charge is -2.43. The predicted molar refractivity (Wildman–Crippen MR) is 91.3 cm³/mol. The summed E-state index contributed by atoms with van der Waals surface area (Å²) in [6.07, 6.45) is 6.02. The molecule has 1 N–H and O–H groups in total. The van der Waals surface area contributed by atoms with Crippen molar-refractivity contribution in [2.45, 2.75) is 50.8 Å². The summed E-state index contributed by atoms with van der Waals surface area (Å²) in [6, 6.07) is 4.92. The molecule has 126 valence electrons. The molecule has 3 fully saturated rings. The monoisotopic (exact) mass is 334 g/mol. The number of fused-ring (bicyclic) bond motifs is 1. The zero-order chi connectivity index (χ0) is 15.6. The SMILES string of the molecule is O=C(C[C@@H]1OC[C@H]2CN(C3CCC3)CC[C@H]21)NCc1cccs1. The number of ether oxygens (including phenoxy) is 1. The molecule has 3 aliphatic rings. The third-order valence-corrected chi connectivity index (χ3v) is 6.72. The van der Waals surface area contributed by atoms with E-state index in [-0.39, 0.29) is 12.0 Å². The van der Waals surface area contributed by atoms with Crippen LogP contribution in [0.2, 0.25) is 0 Å². The van der Waals surface area contributed by atoms with E-state index in [0.29, 0.717) is 24.8 Å². The molecule has 3 heterocycles. The third kappa shape index (κ3) is 3.47. The number of hydrogen-bond acceptors (Lipinski definition) is 4. The number of nitrogens with one attached hydrogen (secondary N) is 1. The molecule has 1 amide bonds. The van der Waals surface area contributed by atoms with Gasteiger partial charge >= 0.3 is 0 Å². The maximum atomic E-state index is 12.2. The number of amides is 1. The maximum Gasteiger partial charge on any atom is 0.222 e. The van der Waals surface area contributed by atoms with Crippen LogP contribution in [-0.4, -0.2) is 42.6 Å². The van der Waals surface area contributed by atoms with Crippen LogP contribution in [0.15, 0.2) is 17.5 Å². The molecular weight excluding hydrogens is 308 g/mol. The summed E-state index contributed by atoms with van der Waals surface area (Å²) < 4.78 is 6.00. The number of nitrogens with zero attached hydrogens (tertiary/aromatic N) is 1. The van der Waals surface area contributed by atoms with Gasteiger partial charge in [-0.25, -0.2) is 0 Å². The summed E-state index contributed by atoms with van der Waals surface area (Å²) in [5.74, 6) is 1.35. The zero-order valence-electron chi connectivity index (χ0n) is 13.6. The zero-order valence-corrected chi connectivity index (χ0v) is 14.4. The van der Waals surface area contributed by atoms with E-state index in [1.54, 1.807) is 11.3 Å². The molecule has 1 aliphatic carbocycles. The highest BCUT2D eigenvalue weighted by Gasteiger charge is 2.43. The molecule has 0 unspecified atom stereocenters. The van der Waals surface area contributed by atoms with E-state index in [4.69, 9.17) is 4.74 Å². The fraction of sp³-hybridized carbons (Fsp3) is 0.722. The van der Waals surface area contributed by atoms with E-state index in [9.17, 15) is 4.79 Å². The van der Waals surface area contributed by atoms with Crippen LogP contribution in [-0.2, 0) is 16.1 Å². The van der Waals surface area contributed by atoms with Crippen LogP contribution in [0.4, 0.5) is 0 Å². The molecule has 5 heteroatoms. The van der Waals surface area contributed by atoms with Gasteiger partial charge < -0.3 is 15.0 Å². The van der Waals surface area contributed by atoms with Crippen LogP contribution >= 0.6 is 11.3 Å². The smallest absolute Gasteiger partial charge is 0.222 e. The number of rotatable bonds is 5. The molecular formula is C18H26N2O2S. The van der Waals surface area contributed by atoms with Gasteiger partial charge in [-0.3, -0.25) is 4.79 Å². The fourth-order valence-corrected chi connectivity index (χ4v) is 4.91. The minimum absolute atomic E-state index is 0.130. The summed E-state index contributed by atoms with van der Waals surface area (Å²) in [5, 5.41) is 5.08. The van der Waals surface area contributed by atoms with Gasteiger partial charge in [0.1, 0.15) is 0 Å². The van der Waals surface area contributed by atoms with Crippen LogP contribution in [0.3, 0.4) is 0 Å². The van der Waals surface area contributed by atoms with E-state index < -0.39 is 0 Å². The second kappa shape index (κ2) is 6.91. The van der Waals surface area contributed by atoms with Crippen molar-refractivity contribution >= 4 is 17.2 Å². The van der Waals surface area contributed by atoms with Crippen molar-refractivity contribution in [2.24, 2.45) is 11.8 Å². The number of likely N-dealkylation sites (tertiary alicyclic amines) is 1. The average molecular weight is 334 g/mol. The van der Waals surface area contributed by atoms with Gasteiger partial charge in [0, 0.05) is 23.4 Å². The summed E-state index contributed by atoms with van der Waals surface area (Å²) in [4.78, 5) is 16.1. The second-order valence-corrected chi connectivity index (χ2v) is 8.26. The lowest BCUT2D eigenvalue weighted by atomic mass is 9.80. The van der Waals surface area contributed by atoms with Crippen molar-refractivity contribution in [1.82, 2.24) is 10.2 Å². The van der Waals surface area contributed by atoms with Crippen LogP contribution in [0, 0.1) is 11.8 Å². The molecule has 0 bridgehead atoms. The van der Waals surface area contributed by atoms with Crippen LogP contribution in [0.1, 0.15) is 37.0 Å². The van der Waals surface area contributed by atoms with Gasteiger partial charge in [0.25, 0.3) is 0 Å². The standard InChI is InChI=1S/C18H26N2O2S/c21-18(19-10-15-5-2-8-23-15)9-17-16-6-7-20(14-3-1-4-14)11-13(16)12-22-17/h2,5,8,13-14,16-17H,1,3-4,6-7,9-12H2,(H,19,21)/t13-,16-,17+/m1/s1. The van der Waals surface area contributed by atoms with Crippen molar-refractivity contribution in [3.63, 3.8) is 0 Å². The fourth-order valence-electron chi connectivity index (χ4n) is 4.26. The molecule has 23 heavy (non-hydrogen) atoms. The molecule has 4 nitrogen and oxygen atoms in total. The summed E-state index contributed by atoms with van der Waals surface area (Å²) in [6.45, 7) is 3.87. The first kappa shape index (κ1) is 15.6. The largest absolute Gasteiger partial charge is 0.377 e. The topological polar surface area (TPSA) is 41.6 Å². The van der Waals surface area contributed by atoms with Gasteiger partial charge in [0.05, 0.1) is 25.7 Å². The highest BCUT2D eigenvalue weighted by molar-refractivity contribution is 7.09. The van der Waals surface area contributed by atoms with E-state index in [2.05, 4.69) is 16.3 Å². The number of piperidine rings is 1. The van der Waals surface area contributed by atoms with Gasteiger partial charge in [-0.05, 0) is 43.2 Å². The van der Waals surface area contributed by atoms with Crippen LogP contribution in [0.5, 0.6) is 0 Å². The minimum atomic E-state index is 0.130. The van der Waals surface area contributed by atoms with Gasteiger partial charge in [-0.1, -0.05) is 12.5 Å². The molecule has 0 radical (unpaired) electrons. The van der Waals surface area contributed by atoms with Gasteiger partial charge in [0.15, 0.2) is 0 Å². The molecule has 0 spiro atoms. The Morgan fingerprint density at radius 2 is 2.30 bits per heavy atom. The van der Waals surface area contributed by atoms with Crippen molar-refractivity contribution in [3.8, 4) is 0 Å². The van der Waals surface area contributed by atoms with Gasteiger partial charge in [-0.15, -0.1) is 11.3 Å². The summed E-state index contributed by atoms with van der Waals surface area (Å²) >= 11 is 1.68. The first-order valence-corrected chi connectivity index (χ1v) is 9.82. The first-order chi connectivity index (χ1) is 11.3. The van der Waals surface area contributed by atoms with Crippen molar-refractivity contribution in [2.75, 3.05) is 19.7 Å². The Bertz CT molecular complexity index is 529. The molecule has 2 saturated heterocycles. The number of carbonyl (C=O) groups is 1. The van der Waals surface area contributed by atoms with E-state index >= 15 is 0 Å². The minimum Gasteiger partial charge on any atom is -0.377 e. The molecule has 4 rings (SSSR count). The van der Waals surface area contributed by atoms with Crippen molar-refractivity contribution in [3.05, 3.63) is 22.4 Å². The molecule has 1 aromatic rings.